The maximum Gasteiger partial charge on any atom is 0.335 e. The monoisotopic (exact) mass is 273 g/mol. The second-order valence-electron chi connectivity index (χ2n) is 5.02. The number of pyridine rings is 1. The van der Waals surface area contributed by atoms with Gasteiger partial charge in [-0.25, -0.2) is 4.79 Å². The zero-order valence-electron chi connectivity index (χ0n) is 12.0. The molecule has 0 radical (unpaired) electrons. The van der Waals surface area contributed by atoms with Crippen molar-refractivity contribution in [3.8, 4) is 0 Å². The summed E-state index contributed by atoms with van der Waals surface area (Å²) in [6.07, 6.45) is 2.46. The molecule has 4 heteroatoms. The predicted octanol–water partition coefficient (Wildman–Crippen LogP) is 3.05. The molecule has 0 saturated heterocycles. The number of fused-ring (bicyclic) bond motifs is 1. The molecule has 0 aliphatic rings. The number of carbonyl (C=O) groups is 1. The molecule has 1 aromatic heterocycles. The molecule has 2 N–H and O–H groups in total. The Morgan fingerprint density at radius 1 is 1.30 bits per heavy atom. The van der Waals surface area contributed by atoms with Gasteiger partial charge < -0.3 is 10.1 Å². The van der Waals surface area contributed by atoms with Gasteiger partial charge in [-0.2, -0.15) is 0 Å². The number of hydrogen-bond acceptors (Lipinski definition) is 2. The zero-order chi connectivity index (χ0) is 14.9. The van der Waals surface area contributed by atoms with Gasteiger partial charge in [-0.15, -0.1) is 0 Å². The Kier molecular flexibility index (Phi) is 3.93. The van der Waals surface area contributed by atoms with Crippen LogP contribution in [0, 0.1) is 6.92 Å². The number of benzene rings is 1. The van der Waals surface area contributed by atoms with Crippen molar-refractivity contribution in [2.24, 2.45) is 0 Å². The van der Waals surface area contributed by atoms with E-state index >= 15 is 0 Å². The fourth-order valence-electron chi connectivity index (χ4n) is 2.51. The number of aromatic nitrogens is 1. The van der Waals surface area contributed by atoms with Gasteiger partial charge >= 0.3 is 5.97 Å². The lowest BCUT2D eigenvalue weighted by atomic mass is 9.99. The fraction of sp³-hybridized carbons (Fsp3) is 0.375. The smallest absolute Gasteiger partial charge is 0.335 e. The molecule has 0 aliphatic heterocycles. The van der Waals surface area contributed by atoms with E-state index < -0.39 is 5.97 Å². The summed E-state index contributed by atoms with van der Waals surface area (Å²) in [5.74, 6) is -1.00. The van der Waals surface area contributed by atoms with E-state index in [-0.39, 0.29) is 11.0 Å². The Bertz CT molecular complexity index is 729. The average Bonchev–Trinajstić information content (AvgIpc) is 2.43. The molecule has 0 amide bonds. The van der Waals surface area contributed by atoms with Gasteiger partial charge in [-0.3, -0.25) is 4.79 Å². The normalized spacial score (nSPS) is 10.9. The number of carboxylic acid groups (broad SMARTS) is 1. The first kappa shape index (κ1) is 14.3. The van der Waals surface area contributed by atoms with Gasteiger partial charge in [0.25, 0.3) is 0 Å². The number of aromatic amines is 1. The highest BCUT2D eigenvalue weighted by Gasteiger charge is 2.14. The Morgan fingerprint density at radius 2 is 2.00 bits per heavy atom. The molecule has 0 fully saturated rings. The Morgan fingerprint density at radius 3 is 2.55 bits per heavy atom. The van der Waals surface area contributed by atoms with Gasteiger partial charge in [0.2, 0.25) is 0 Å². The summed E-state index contributed by atoms with van der Waals surface area (Å²) in [5, 5.41) is 9.62. The summed E-state index contributed by atoms with van der Waals surface area (Å²) in [4.78, 5) is 26.9. The topological polar surface area (TPSA) is 70.2 Å². The minimum atomic E-state index is -1.00. The molecule has 0 atom stereocenters. The largest absolute Gasteiger partial charge is 0.478 e. The van der Waals surface area contributed by atoms with E-state index in [1.54, 1.807) is 13.0 Å². The van der Waals surface area contributed by atoms with Crippen molar-refractivity contribution in [2.45, 2.75) is 40.0 Å². The van der Waals surface area contributed by atoms with Crippen LogP contribution in [0.4, 0.5) is 0 Å². The molecule has 20 heavy (non-hydrogen) atoms. The quantitative estimate of drug-likeness (QED) is 0.899. The van der Waals surface area contributed by atoms with Crippen molar-refractivity contribution >= 4 is 16.9 Å². The van der Waals surface area contributed by atoms with Crippen LogP contribution in [0.3, 0.4) is 0 Å². The van der Waals surface area contributed by atoms with E-state index in [4.69, 9.17) is 5.11 Å². The van der Waals surface area contributed by atoms with Gasteiger partial charge in [-0.1, -0.05) is 20.3 Å². The third kappa shape index (κ3) is 2.33. The van der Waals surface area contributed by atoms with E-state index in [9.17, 15) is 9.59 Å². The molecule has 0 bridgehead atoms. The Balaban J connectivity index is 2.87. The van der Waals surface area contributed by atoms with Gasteiger partial charge in [-0.05, 0) is 37.5 Å². The highest BCUT2D eigenvalue weighted by atomic mass is 16.4. The second-order valence-corrected chi connectivity index (χ2v) is 5.02. The van der Waals surface area contributed by atoms with Crippen LogP contribution in [0.1, 0.15) is 47.4 Å². The van der Waals surface area contributed by atoms with Crippen molar-refractivity contribution in [1.29, 1.82) is 0 Å². The SMILES string of the molecule is CCCc1[nH]c2c(CC)cc(C(=O)O)cc2c(=O)c1C. The third-order valence-electron chi connectivity index (χ3n) is 3.66. The van der Waals surface area contributed by atoms with Crippen molar-refractivity contribution in [3.63, 3.8) is 0 Å². The Hall–Kier alpha value is -2.10. The van der Waals surface area contributed by atoms with E-state index in [0.29, 0.717) is 17.4 Å². The highest BCUT2D eigenvalue weighted by Crippen LogP contribution is 2.20. The molecule has 0 aliphatic carbocycles. The average molecular weight is 273 g/mol. The van der Waals surface area contributed by atoms with Gasteiger partial charge in [0.1, 0.15) is 0 Å². The minimum absolute atomic E-state index is 0.0694. The summed E-state index contributed by atoms with van der Waals surface area (Å²) >= 11 is 0. The standard InChI is InChI=1S/C16H19NO3/c1-4-6-13-9(3)15(18)12-8-11(16(19)20)7-10(5-2)14(12)17-13/h7-8H,4-6H2,1-3H3,(H,17,18)(H,19,20). The van der Waals surface area contributed by atoms with Crippen LogP contribution in [0.5, 0.6) is 0 Å². The summed E-state index contributed by atoms with van der Waals surface area (Å²) in [7, 11) is 0. The lowest BCUT2D eigenvalue weighted by Gasteiger charge is -2.11. The molecule has 0 unspecified atom stereocenters. The number of aryl methyl sites for hydroxylation is 2. The first-order valence-corrected chi connectivity index (χ1v) is 6.91. The van der Waals surface area contributed by atoms with E-state index in [2.05, 4.69) is 11.9 Å². The molecular formula is C16H19NO3. The van der Waals surface area contributed by atoms with Crippen LogP contribution in [0.25, 0.3) is 10.9 Å². The van der Waals surface area contributed by atoms with Crippen molar-refractivity contribution in [3.05, 3.63) is 44.7 Å². The maximum atomic E-state index is 12.5. The maximum absolute atomic E-state index is 12.5. The molecule has 106 valence electrons. The first-order chi connectivity index (χ1) is 9.49. The van der Waals surface area contributed by atoms with Crippen LogP contribution in [0.15, 0.2) is 16.9 Å². The van der Waals surface area contributed by atoms with Gasteiger partial charge in [0, 0.05) is 16.6 Å². The van der Waals surface area contributed by atoms with Gasteiger partial charge in [0.05, 0.1) is 11.1 Å². The lowest BCUT2D eigenvalue weighted by molar-refractivity contribution is 0.0697. The summed E-state index contributed by atoms with van der Waals surface area (Å²) in [6, 6.07) is 3.12. The summed E-state index contributed by atoms with van der Waals surface area (Å²) < 4.78 is 0. The minimum Gasteiger partial charge on any atom is -0.478 e. The second kappa shape index (κ2) is 5.49. The van der Waals surface area contributed by atoms with Crippen LogP contribution in [-0.4, -0.2) is 16.1 Å². The number of carboxylic acids is 1. The van der Waals surface area contributed by atoms with Crippen molar-refractivity contribution in [2.75, 3.05) is 0 Å². The lowest BCUT2D eigenvalue weighted by Crippen LogP contribution is -2.14. The van der Waals surface area contributed by atoms with Crippen molar-refractivity contribution < 1.29 is 9.90 Å². The molecular weight excluding hydrogens is 254 g/mol. The van der Waals surface area contributed by atoms with Crippen LogP contribution < -0.4 is 5.43 Å². The van der Waals surface area contributed by atoms with E-state index in [1.807, 2.05) is 6.92 Å². The molecule has 2 rings (SSSR count). The molecule has 4 nitrogen and oxygen atoms in total. The predicted molar refractivity (Wildman–Crippen MR) is 79.6 cm³/mol. The van der Waals surface area contributed by atoms with Crippen LogP contribution in [0.2, 0.25) is 0 Å². The van der Waals surface area contributed by atoms with Crippen LogP contribution >= 0.6 is 0 Å². The van der Waals surface area contributed by atoms with Crippen LogP contribution in [-0.2, 0) is 12.8 Å². The first-order valence-electron chi connectivity index (χ1n) is 6.91. The highest BCUT2D eigenvalue weighted by molar-refractivity contribution is 5.95. The molecule has 1 aromatic carbocycles. The van der Waals surface area contributed by atoms with E-state index in [1.165, 1.54) is 6.07 Å². The fourth-order valence-corrected chi connectivity index (χ4v) is 2.51. The molecule has 0 saturated carbocycles. The number of rotatable bonds is 4. The number of nitrogens with one attached hydrogen (secondary N) is 1. The number of aromatic carboxylic acids is 1. The van der Waals surface area contributed by atoms with E-state index in [0.717, 1.165) is 29.6 Å². The van der Waals surface area contributed by atoms with Gasteiger partial charge in [0.15, 0.2) is 5.43 Å². The number of H-pyrrole nitrogens is 1. The third-order valence-corrected chi connectivity index (χ3v) is 3.66. The molecule has 1 heterocycles. The Labute approximate surface area is 117 Å². The van der Waals surface area contributed by atoms with Crippen molar-refractivity contribution in [1.82, 2.24) is 4.98 Å². The zero-order valence-corrected chi connectivity index (χ0v) is 12.0. The molecule has 2 aromatic rings. The summed E-state index contributed by atoms with van der Waals surface area (Å²) in [6.45, 7) is 5.82. The molecule has 0 spiro atoms. The summed E-state index contributed by atoms with van der Waals surface area (Å²) in [5.41, 5.74) is 3.38. The number of hydrogen-bond donors (Lipinski definition) is 2.